The highest BCUT2D eigenvalue weighted by atomic mass is 79.9. The number of carbonyl (C=O) groups is 1. The van der Waals surface area contributed by atoms with Crippen molar-refractivity contribution in [3.05, 3.63) is 52.3 Å². The van der Waals surface area contributed by atoms with Gasteiger partial charge in [-0.1, -0.05) is 12.8 Å². The van der Waals surface area contributed by atoms with Crippen LogP contribution in [0.2, 0.25) is 0 Å². The Hall–Kier alpha value is -1.77. The number of nitrogens with one attached hydrogen (secondary N) is 1. The molecule has 27 heavy (non-hydrogen) atoms. The lowest BCUT2D eigenvalue weighted by atomic mass is 10.2. The summed E-state index contributed by atoms with van der Waals surface area (Å²) in [6.45, 7) is 0.528. The molecule has 8 heteroatoms. The van der Waals surface area contributed by atoms with Crippen LogP contribution in [0.1, 0.15) is 41.6 Å². The first-order valence-corrected chi connectivity index (χ1v) is 11.3. The minimum Gasteiger partial charge on any atom is -0.308 e. The van der Waals surface area contributed by atoms with Gasteiger partial charge >= 0.3 is 0 Å². The molecule has 1 N–H and O–H groups in total. The van der Waals surface area contributed by atoms with Crippen LogP contribution in [-0.2, 0) is 16.4 Å². The average molecular weight is 450 g/mol. The first-order chi connectivity index (χ1) is 12.9. The number of amides is 1. The quantitative estimate of drug-likeness (QED) is 0.776. The van der Waals surface area contributed by atoms with E-state index in [1.54, 1.807) is 35.4 Å². The predicted molar refractivity (Wildman–Crippen MR) is 106 cm³/mol. The summed E-state index contributed by atoms with van der Waals surface area (Å²) in [6, 6.07) is 6.78. The van der Waals surface area contributed by atoms with Crippen molar-refractivity contribution < 1.29 is 13.2 Å². The number of aromatic nitrogens is 1. The third kappa shape index (κ3) is 3.79. The minimum atomic E-state index is -3.53. The molecule has 1 fully saturated rings. The molecule has 0 bridgehead atoms. The predicted octanol–water partition coefficient (Wildman–Crippen LogP) is 3.27. The second-order valence-electron chi connectivity index (χ2n) is 6.99. The van der Waals surface area contributed by atoms with E-state index < -0.39 is 10.0 Å². The van der Waals surface area contributed by atoms with Crippen molar-refractivity contribution in [1.29, 1.82) is 0 Å². The molecule has 1 saturated carbocycles. The first kappa shape index (κ1) is 18.6. The molecule has 0 unspecified atom stereocenters. The number of halogens is 1. The van der Waals surface area contributed by atoms with Crippen LogP contribution in [0.15, 0.2) is 46.0 Å². The highest BCUT2D eigenvalue weighted by Gasteiger charge is 2.29. The molecule has 1 aromatic carbocycles. The zero-order chi connectivity index (χ0) is 19.0. The molecule has 1 amide bonds. The molecule has 4 rings (SSSR count). The van der Waals surface area contributed by atoms with Gasteiger partial charge in [-0.25, -0.2) is 13.1 Å². The normalized spacial score (nSPS) is 17.3. The standard InChI is InChI=1S/C19H20BrN3O3S/c20-15-9-14(11-21-12-15)19(24)23-8-7-13-10-17(5-6-18(13)23)27(25,26)22-16-3-1-2-4-16/h5-6,9-12,16,22H,1-4,7-8H2. The molecule has 2 aromatic rings. The van der Waals surface area contributed by atoms with Gasteiger partial charge in [-0.05, 0) is 65.0 Å². The number of carbonyl (C=O) groups excluding carboxylic acids is 1. The van der Waals surface area contributed by atoms with Crippen LogP contribution >= 0.6 is 15.9 Å². The maximum Gasteiger partial charge on any atom is 0.259 e. The van der Waals surface area contributed by atoms with E-state index in [-0.39, 0.29) is 16.8 Å². The van der Waals surface area contributed by atoms with Gasteiger partial charge in [0.1, 0.15) is 0 Å². The molecule has 0 spiro atoms. The summed E-state index contributed by atoms with van der Waals surface area (Å²) in [5, 5.41) is 0. The third-order valence-corrected chi connectivity index (χ3v) is 7.08. The monoisotopic (exact) mass is 449 g/mol. The van der Waals surface area contributed by atoms with Crippen LogP contribution in [0.5, 0.6) is 0 Å². The summed E-state index contributed by atoms with van der Waals surface area (Å²) in [7, 11) is -3.53. The Balaban J connectivity index is 1.58. The van der Waals surface area contributed by atoms with E-state index in [2.05, 4.69) is 25.6 Å². The fraction of sp³-hybridized carbons (Fsp3) is 0.368. The highest BCUT2D eigenvalue weighted by molar-refractivity contribution is 9.10. The van der Waals surface area contributed by atoms with Crippen molar-refractivity contribution >= 4 is 37.5 Å². The van der Waals surface area contributed by atoms with Gasteiger partial charge in [-0.2, -0.15) is 0 Å². The topological polar surface area (TPSA) is 79.4 Å². The molecule has 2 heterocycles. The Labute approximate surface area is 167 Å². The number of sulfonamides is 1. The van der Waals surface area contributed by atoms with Gasteiger partial charge in [0.25, 0.3) is 5.91 Å². The number of hydrogen-bond donors (Lipinski definition) is 1. The summed E-state index contributed by atoms with van der Waals surface area (Å²) in [5.41, 5.74) is 2.14. The fourth-order valence-electron chi connectivity index (χ4n) is 3.77. The fourth-order valence-corrected chi connectivity index (χ4v) is 5.49. The molecular formula is C19H20BrN3O3S. The van der Waals surface area contributed by atoms with Crippen molar-refractivity contribution in [1.82, 2.24) is 9.71 Å². The second-order valence-corrected chi connectivity index (χ2v) is 9.62. The van der Waals surface area contributed by atoms with E-state index in [0.29, 0.717) is 18.5 Å². The molecule has 2 aliphatic rings. The number of fused-ring (bicyclic) bond motifs is 1. The second kappa shape index (κ2) is 7.33. The third-order valence-electron chi connectivity index (χ3n) is 5.13. The summed E-state index contributed by atoms with van der Waals surface area (Å²) < 4.78 is 28.9. The minimum absolute atomic E-state index is 0.0327. The summed E-state index contributed by atoms with van der Waals surface area (Å²) in [6.07, 6.45) is 7.73. The maximum absolute atomic E-state index is 12.8. The van der Waals surface area contributed by atoms with Crippen LogP contribution in [0, 0.1) is 0 Å². The van der Waals surface area contributed by atoms with Gasteiger partial charge in [-0.15, -0.1) is 0 Å². The van der Waals surface area contributed by atoms with Gasteiger partial charge in [0, 0.05) is 35.1 Å². The van der Waals surface area contributed by atoms with E-state index in [0.717, 1.165) is 41.4 Å². The number of pyridine rings is 1. The summed E-state index contributed by atoms with van der Waals surface area (Å²) in [5.74, 6) is -0.137. The van der Waals surface area contributed by atoms with Crippen LogP contribution in [0.4, 0.5) is 5.69 Å². The number of benzene rings is 1. The van der Waals surface area contributed by atoms with Gasteiger partial charge in [0.15, 0.2) is 0 Å². The molecule has 1 aliphatic carbocycles. The lowest BCUT2D eigenvalue weighted by molar-refractivity contribution is 0.0989. The average Bonchev–Trinajstić information content (AvgIpc) is 3.29. The van der Waals surface area contributed by atoms with Crippen molar-refractivity contribution in [2.75, 3.05) is 11.4 Å². The van der Waals surface area contributed by atoms with Crippen molar-refractivity contribution in [3.63, 3.8) is 0 Å². The van der Waals surface area contributed by atoms with E-state index in [1.165, 1.54) is 6.20 Å². The molecule has 0 radical (unpaired) electrons. The van der Waals surface area contributed by atoms with Gasteiger partial charge in [0.05, 0.1) is 10.5 Å². The smallest absolute Gasteiger partial charge is 0.259 e. The number of anilines is 1. The molecule has 6 nitrogen and oxygen atoms in total. The Morgan fingerprint density at radius 3 is 2.70 bits per heavy atom. The SMILES string of the molecule is O=C(c1cncc(Br)c1)N1CCc2cc(S(=O)(=O)NC3CCCC3)ccc21. The van der Waals surface area contributed by atoms with Crippen LogP contribution in [-0.4, -0.2) is 31.9 Å². The van der Waals surface area contributed by atoms with Gasteiger partial charge < -0.3 is 4.90 Å². The van der Waals surface area contributed by atoms with Crippen molar-refractivity contribution in [2.24, 2.45) is 0 Å². The lowest BCUT2D eigenvalue weighted by Crippen LogP contribution is -2.32. The van der Waals surface area contributed by atoms with Gasteiger partial charge in [-0.3, -0.25) is 9.78 Å². The zero-order valence-corrected chi connectivity index (χ0v) is 17.1. The van der Waals surface area contributed by atoms with Crippen molar-refractivity contribution in [2.45, 2.75) is 43.0 Å². The maximum atomic E-state index is 12.8. The Morgan fingerprint density at radius 2 is 1.96 bits per heavy atom. The van der Waals surface area contributed by atoms with E-state index >= 15 is 0 Å². The zero-order valence-electron chi connectivity index (χ0n) is 14.7. The molecule has 142 valence electrons. The highest BCUT2D eigenvalue weighted by Crippen LogP contribution is 2.32. The molecule has 0 atom stereocenters. The first-order valence-electron chi connectivity index (χ1n) is 9.02. The van der Waals surface area contributed by atoms with Crippen LogP contribution in [0.25, 0.3) is 0 Å². The lowest BCUT2D eigenvalue weighted by Gasteiger charge is -2.18. The number of hydrogen-bond acceptors (Lipinski definition) is 4. The summed E-state index contributed by atoms with van der Waals surface area (Å²) in [4.78, 5) is 18.8. The molecule has 1 aromatic heterocycles. The molecule has 0 saturated heterocycles. The Kier molecular flexibility index (Phi) is 5.05. The van der Waals surface area contributed by atoms with Crippen LogP contribution < -0.4 is 9.62 Å². The van der Waals surface area contributed by atoms with Gasteiger partial charge in [0.2, 0.25) is 10.0 Å². The largest absolute Gasteiger partial charge is 0.308 e. The van der Waals surface area contributed by atoms with Crippen molar-refractivity contribution in [3.8, 4) is 0 Å². The van der Waals surface area contributed by atoms with E-state index in [9.17, 15) is 13.2 Å². The number of nitrogens with zero attached hydrogens (tertiary/aromatic N) is 2. The van der Waals surface area contributed by atoms with Crippen LogP contribution in [0.3, 0.4) is 0 Å². The number of rotatable bonds is 4. The molecule has 1 aliphatic heterocycles. The molecular weight excluding hydrogens is 430 g/mol. The Morgan fingerprint density at radius 1 is 1.19 bits per heavy atom. The Bertz CT molecular complexity index is 987. The van der Waals surface area contributed by atoms with E-state index in [4.69, 9.17) is 0 Å². The van der Waals surface area contributed by atoms with E-state index in [1.807, 2.05) is 0 Å². The summed E-state index contributed by atoms with van der Waals surface area (Å²) >= 11 is 3.33.